The van der Waals surface area contributed by atoms with Gasteiger partial charge in [-0.2, -0.15) is 0 Å². The van der Waals surface area contributed by atoms with Gasteiger partial charge in [-0.05, 0) is 36.6 Å². The van der Waals surface area contributed by atoms with Crippen molar-refractivity contribution in [2.45, 2.75) is 38.5 Å². The van der Waals surface area contributed by atoms with Crippen molar-refractivity contribution < 1.29 is 9.59 Å². The Morgan fingerprint density at radius 3 is 2.47 bits per heavy atom. The number of benzene rings is 1. The Bertz CT molecular complexity index is 433. The fourth-order valence-corrected chi connectivity index (χ4v) is 2.72. The van der Waals surface area contributed by atoms with Crippen molar-refractivity contribution in [3.8, 4) is 0 Å². The Hall–Kier alpha value is -1.64. The molecule has 3 heteroatoms. The van der Waals surface area contributed by atoms with E-state index in [2.05, 4.69) is 0 Å². The number of hydrogen-bond donors (Lipinski definition) is 0. The standard InChI is InChI=1S/C16H21NO2/c1-17(12-18)15-9-7-14(8-10-15)16(19)11-6-13-4-2-3-5-13/h7-10,12-13H,2-6,11H2,1H3. The molecular weight excluding hydrogens is 238 g/mol. The second kappa shape index (κ2) is 6.50. The molecule has 19 heavy (non-hydrogen) atoms. The van der Waals surface area contributed by atoms with Gasteiger partial charge in [-0.1, -0.05) is 25.7 Å². The molecule has 0 N–H and O–H groups in total. The summed E-state index contributed by atoms with van der Waals surface area (Å²) in [5.74, 6) is 0.969. The lowest BCUT2D eigenvalue weighted by Gasteiger charge is -2.11. The molecule has 2 rings (SSSR count). The fourth-order valence-electron chi connectivity index (χ4n) is 2.72. The Balaban J connectivity index is 1.89. The Morgan fingerprint density at radius 2 is 1.89 bits per heavy atom. The number of carbonyl (C=O) groups excluding carboxylic acids is 2. The molecule has 0 atom stereocenters. The molecule has 3 nitrogen and oxygen atoms in total. The van der Waals surface area contributed by atoms with Crippen LogP contribution in [-0.2, 0) is 4.79 Å². The van der Waals surface area contributed by atoms with E-state index in [1.165, 1.54) is 30.6 Å². The highest BCUT2D eigenvalue weighted by molar-refractivity contribution is 5.96. The van der Waals surface area contributed by atoms with Gasteiger partial charge in [-0.25, -0.2) is 0 Å². The van der Waals surface area contributed by atoms with Crippen molar-refractivity contribution in [3.63, 3.8) is 0 Å². The van der Waals surface area contributed by atoms with Gasteiger partial charge in [0.25, 0.3) is 0 Å². The summed E-state index contributed by atoms with van der Waals surface area (Å²) < 4.78 is 0. The molecule has 0 saturated heterocycles. The van der Waals surface area contributed by atoms with E-state index in [9.17, 15) is 9.59 Å². The first-order valence-corrected chi connectivity index (χ1v) is 7.02. The lowest BCUT2D eigenvalue weighted by Crippen LogP contribution is -2.13. The summed E-state index contributed by atoms with van der Waals surface area (Å²) in [6.07, 6.45) is 7.66. The van der Waals surface area contributed by atoms with Gasteiger partial charge in [-0.15, -0.1) is 0 Å². The number of anilines is 1. The molecule has 0 aromatic heterocycles. The summed E-state index contributed by atoms with van der Waals surface area (Å²) in [4.78, 5) is 24.2. The van der Waals surface area contributed by atoms with Gasteiger partial charge < -0.3 is 4.90 Å². The van der Waals surface area contributed by atoms with Crippen LogP contribution >= 0.6 is 0 Å². The first-order chi connectivity index (χ1) is 9.20. The molecule has 1 aromatic carbocycles. The number of ketones is 1. The van der Waals surface area contributed by atoms with Crippen LogP contribution in [-0.4, -0.2) is 19.2 Å². The number of hydrogen-bond acceptors (Lipinski definition) is 2. The number of nitrogens with zero attached hydrogens (tertiary/aromatic N) is 1. The third kappa shape index (κ3) is 3.66. The number of carbonyl (C=O) groups is 2. The largest absolute Gasteiger partial charge is 0.318 e. The summed E-state index contributed by atoms with van der Waals surface area (Å²) >= 11 is 0. The second-order valence-corrected chi connectivity index (χ2v) is 5.38. The zero-order valence-corrected chi connectivity index (χ0v) is 11.5. The van der Waals surface area contributed by atoms with Gasteiger partial charge in [0, 0.05) is 24.7 Å². The van der Waals surface area contributed by atoms with Crippen molar-refractivity contribution >= 4 is 17.9 Å². The van der Waals surface area contributed by atoms with Crippen molar-refractivity contribution in [3.05, 3.63) is 29.8 Å². The van der Waals surface area contributed by atoms with E-state index in [1.807, 2.05) is 24.3 Å². The minimum atomic E-state index is 0.215. The van der Waals surface area contributed by atoms with Crippen molar-refractivity contribution in [2.75, 3.05) is 11.9 Å². The van der Waals surface area contributed by atoms with Crippen LogP contribution in [0, 0.1) is 5.92 Å². The van der Waals surface area contributed by atoms with E-state index in [0.29, 0.717) is 6.42 Å². The molecular formula is C16H21NO2. The highest BCUT2D eigenvalue weighted by Crippen LogP contribution is 2.29. The minimum Gasteiger partial charge on any atom is -0.318 e. The van der Waals surface area contributed by atoms with E-state index in [1.54, 1.807) is 7.05 Å². The van der Waals surface area contributed by atoms with Gasteiger partial charge >= 0.3 is 0 Å². The highest BCUT2D eigenvalue weighted by atomic mass is 16.1. The smallest absolute Gasteiger partial charge is 0.213 e. The molecule has 0 heterocycles. The summed E-state index contributed by atoms with van der Waals surface area (Å²) in [7, 11) is 1.70. The zero-order chi connectivity index (χ0) is 13.7. The van der Waals surface area contributed by atoms with Crippen LogP contribution in [0.5, 0.6) is 0 Å². The van der Waals surface area contributed by atoms with Crippen LogP contribution in [0.2, 0.25) is 0 Å². The van der Waals surface area contributed by atoms with E-state index in [-0.39, 0.29) is 5.78 Å². The summed E-state index contributed by atoms with van der Waals surface area (Å²) in [6, 6.07) is 7.26. The van der Waals surface area contributed by atoms with E-state index in [4.69, 9.17) is 0 Å². The molecule has 1 aliphatic carbocycles. The first kappa shape index (κ1) is 13.8. The average Bonchev–Trinajstić information content (AvgIpc) is 2.97. The highest BCUT2D eigenvalue weighted by Gasteiger charge is 2.16. The predicted octanol–water partition coefficient (Wildman–Crippen LogP) is 3.43. The maximum atomic E-state index is 12.1. The minimum absolute atomic E-state index is 0.215. The van der Waals surface area contributed by atoms with E-state index < -0.39 is 0 Å². The van der Waals surface area contributed by atoms with Crippen LogP contribution in [0.3, 0.4) is 0 Å². The maximum absolute atomic E-state index is 12.1. The van der Waals surface area contributed by atoms with E-state index >= 15 is 0 Å². The van der Waals surface area contributed by atoms with Gasteiger partial charge in [0.15, 0.2) is 5.78 Å². The average molecular weight is 259 g/mol. The molecule has 1 fully saturated rings. The zero-order valence-electron chi connectivity index (χ0n) is 11.5. The van der Waals surface area contributed by atoms with Crippen molar-refractivity contribution in [2.24, 2.45) is 5.92 Å². The van der Waals surface area contributed by atoms with Crippen LogP contribution in [0.15, 0.2) is 24.3 Å². The summed E-state index contributed by atoms with van der Waals surface area (Å²) in [5.41, 5.74) is 1.56. The van der Waals surface area contributed by atoms with Crippen molar-refractivity contribution in [1.29, 1.82) is 0 Å². The number of Topliss-reactive ketones (excluding diaryl/α,β-unsaturated/α-hetero) is 1. The maximum Gasteiger partial charge on any atom is 0.213 e. The topological polar surface area (TPSA) is 37.4 Å². The van der Waals surface area contributed by atoms with Gasteiger partial charge in [-0.3, -0.25) is 9.59 Å². The molecule has 1 saturated carbocycles. The molecule has 0 radical (unpaired) electrons. The SMILES string of the molecule is CN(C=O)c1ccc(C(=O)CCC2CCCC2)cc1. The third-order valence-electron chi connectivity index (χ3n) is 4.01. The molecule has 1 aliphatic rings. The third-order valence-corrected chi connectivity index (χ3v) is 4.01. The normalized spacial score (nSPS) is 15.4. The lowest BCUT2D eigenvalue weighted by molar-refractivity contribution is -0.107. The Morgan fingerprint density at radius 1 is 1.26 bits per heavy atom. The molecule has 0 aliphatic heterocycles. The van der Waals surface area contributed by atoms with E-state index in [0.717, 1.165) is 30.0 Å². The summed E-state index contributed by atoms with van der Waals surface area (Å²) in [5, 5.41) is 0. The Labute approximate surface area is 114 Å². The number of rotatable bonds is 6. The fraction of sp³-hybridized carbons (Fsp3) is 0.500. The molecule has 0 spiro atoms. The quantitative estimate of drug-likeness (QED) is 0.579. The van der Waals surface area contributed by atoms with Gasteiger partial charge in [0.2, 0.25) is 6.41 Å². The first-order valence-electron chi connectivity index (χ1n) is 7.02. The molecule has 0 unspecified atom stereocenters. The molecule has 102 valence electrons. The molecule has 1 aromatic rings. The van der Waals surface area contributed by atoms with Crippen molar-refractivity contribution in [1.82, 2.24) is 0 Å². The van der Waals surface area contributed by atoms with Gasteiger partial charge in [0.05, 0.1) is 0 Å². The second-order valence-electron chi connectivity index (χ2n) is 5.38. The molecule has 0 bridgehead atoms. The summed E-state index contributed by atoms with van der Waals surface area (Å²) in [6.45, 7) is 0. The monoisotopic (exact) mass is 259 g/mol. The predicted molar refractivity (Wildman–Crippen MR) is 76.4 cm³/mol. The van der Waals surface area contributed by atoms with Gasteiger partial charge in [0.1, 0.15) is 0 Å². The Kier molecular flexibility index (Phi) is 4.72. The number of amides is 1. The van der Waals surface area contributed by atoms with Crippen LogP contribution in [0.25, 0.3) is 0 Å². The lowest BCUT2D eigenvalue weighted by atomic mass is 9.97. The van der Waals surface area contributed by atoms with Crippen LogP contribution in [0.4, 0.5) is 5.69 Å². The van der Waals surface area contributed by atoms with Crippen LogP contribution < -0.4 is 4.90 Å². The van der Waals surface area contributed by atoms with Crippen LogP contribution in [0.1, 0.15) is 48.9 Å². The molecule has 1 amide bonds.